The normalized spacial score (nSPS) is 16.4. The summed E-state index contributed by atoms with van der Waals surface area (Å²) in [5.41, 5.74) is 1.15. The molecule has 26 heavy (non-hydrogen) atoms. The molecule has 1 atom stereocenters. The smallest absolute Gasteiger partial charge is 0.317 e. The zero-order valence-electron chi connectivity index (χ0n) is 14.8. The number of aryl methyl sites for hydroxylation is 1. The predicted molar refractivity (Wildman–Crippen MR) is 96.3 cm³/mol. The SMILES string of the molecule is O=C(NCCCc1nn[nH]n1)N1CCC([C@@H](O)Cc2ccccc2)CC1. The molecule has 8 heteroatoms. The van der Waals surface area contributed by atoms with Crippen LogP contribution in [0, 0.1) is 5.92 Å². The number of aromatic nitrogens is 4. The molecular weight excluding hydrogens is 332 g/mol. The third-order valence-electron chi connectivity index (χ3n) is 4.90. The van der Waals surface area contributed by atoms with E-state index in [9.17, 15) is 9.90 Å². The van der Waals surface area contributed by atoms with Crippen LogP contribution in [-0.4, -0.2) is 62.4 Å². The summed E-state index contributed by atoms with van der Waals surface area (Å²) in [4.78, 5) is 14.1. The molecule has 2 amide bonds. The third-order valence-corrected chi connectivity index (χ3v) is 4.90. The average molecular weight is 358 g/mol. The number of aliphatic hydroxyl groups excluding tert-OH is 1. The molecule has 1 aromatic heterocycles. The molecule has 1 aliphatic rings. The highest BCUT2D eigenvalue weighted by Crippen LogP contribution is 2.23. The summed E-state index contributed by atoms with van der Waals surface area (Å²) < 4.78 is 0. The summed E-state index contributed by atoms with van der Waals surface area (Å²) in [5, 5.41) is 27.1. The van der Waals surface area contributed by atoms with Crippen molar-refractivity contribution < 1.29 is 9.90 Å². The number of amides is 2. The van der Waals surface area contributed by atoms with Crippen molar-refractivity contribution in [3.8, 4) is 0 Å². The first-order valence-electron chi connectivity index (χ1n) is 9.19. The standard InChI is InChI=1S/C18H26N6O2/c25-16(13-14-5-2-1-3-6-14)15-8-11-24(12-9-15)18(26)19-10-4-7-17-20-22-23-21-17/h1-3,5-6,15-16,25H,4,7-13H2,(H,19,26)(H,20,21,22,23)/t16-/m0/s1. The number of nitrogens with one attached hydrogen (secondary N) is 2. The van der Waals surface area contributed by atoms with Crippen molar-refractivity contribution in [2.24, 2.45) is 5.92 Å². The van der Waals surface area contributed by atoms with Crippen molar-refractivity contribution in [1.82, 2.24) is 30.8 Å². The molecule has 3 rings (SSSR count). The molecule has 2 aromatic rings. The summed E-state index contributed by atoms with van der Waals surface area (Å²) in [6, 6.07) is 10.0. The second-order valence-corrected chi connectivity index (χ2v) is 6.75. The van der Waals surface area contributed by atoms with Gasteiger partial charge in [-0.1, -0.05) is 35.5 Å². The van der Waals surface area contributed by atoms with E-state index in [0.29, 0.717) is 38.3 Å². The van der Waals surface area contributed by atoms with Gasteiger partial charge in [-0.2, -0.15) is 5.21 Å². The van der Waals surface area contributed by atoms with E-state index < -0.39 is 0 Å². The largest absolute Gasteiger partial charge is 0.392 e. The first kappa shape index (κ1) is 18.3. The van der Waals surface area contributed by atoms with Crippen LogP contribution in [0.4, 0.5) is 4.79 Å². The quantitative estimate of drug-likeness (QED) is 0.644. The fourth-order valence-electron chi connectivity index (χ4n) is 3.35. The van der Waals surface area contributed by atoms with Crippen LogP contribution in [0.2, 0.25) is 0 Å². The van der Waals surface area contributed by atoms with Gasteiger partial charge in [-0.3, -0.25) is 0 Å². The lowest BCUT2D eigenvalue weighted by Gasteiger charge is -2.34. The number of tetrazole rings is 1. The van der Waals surface area contributed by atoms with Gasteiger partial charge in [-0.05, 0) is 37.2 Å². The minimum absolute atomic E-state index is 0.0332. The first-order valence-corrected chi connectivity index (χ1v) is 9.19. The molecule has 1 saturated heterocycles. The molecule has 8 nitrogen and oxygen atoms in total. The Bertz CT molecular complexity index is 656. The molecule has 0 bridgehead atoms. The molecule has 0 aliphatic carbocycles. The Morgan fingerprint density at radius 2 is 2.08 bits per heavy atom. The number of H-pyrrole nitrogens is 1. The number of likely N-dealkylation sites (tertiary alicyclic amines) is 1. The maximum atomic E-state index is 12.2. The summed E-state index contributed by atoms with van der Waals surface area (Å²) in [5.74, 6) is 0.907. The van der Waals surface area contributed by atoms with E-state index in [4.69, 9.17) is 0 Å². The zero-order valence-corrected chi connectivity index (χ0v) is 14.8. The van der Waals surface area contributed by atoms with E-state index in [2.05, 4.69) is 25.9 Å². The van der Waals surface area contributed by atoms with Gasteiger partial charge in [-0.15, -0.1) is 10.2 Å². The van der Waals surface area contributed by atoms with Crippen LogP contribution in [-0.2, 0) is 12.8 Å². The van der Waals surface area contributed by atoms with E-state index in [1.54, 1.807) is 0 Å². The topological polar surface area (TPSA) is 107 Å². The molecule has 0 radical (unpaired) electrons. The van der Waals surface area contributed by atoms with Crippen LogP contribution < -0.4 is 5.32 Å². The van der Waals surface area contributed by atoms with Crippen molar-refractivity contribution in [2.75, 3.05) is 19.6 Å². The van der Waals surface area contributed by atoms with Gasteiger partial charge in [0.2, 0.25) is 0 Å². The number of carbonyl (C=O) groups is 1. The van der Waals surface area contributed by atoms with Crippen molar-refractivity contribution in [2.45, 2.75) is 38.2 Å². The number of aliphatic hydroxyl groups is 1. The van der Waals surface area contributed by atoms with Crippen LogP contribution in [0.1, 0.15) is 30.7 Å². The molecule has 0 spiro atoms. The zero-order chi connectivity index (χ0) is 18.2. The Kier molecular flexibility index (Phi) is 6.54. The van der Waals surface area contributed by atoms with Gasteiger partial charge >= 0.3 is 6.03 Å². The molecule has 2 heterocycles. The molecule has 1 fully saturated rings. The Hall–Kier alpha value is -2.48. The Balaban J connectivity index is 1.34. The molecule has 140 valence electrons. The monoisotopic (exact) mass is 358 g/mol. The third kappa shape index (κ3) is 5.26. The van der Waals surface area contributed by atoms with Crippen molar-refractivity contribution in [3.63, 3.8) is 0 Å². The maximum Gasteiger partial charge on any atom is 0.317 e. The van der Waals surface area contributed by atoms with E-state index in [0.717, 1.165) is 24.8 Å². The number of carbonyl (C=O) groups excluding carboxylic acids is 1. The van der Waals surface area contributed by atoms with Gasteiger partial charge in [-0.25, -0.2) is 4.79 Å². The number of hydrogen-bond acceptors (Lipinski definition) is 5. The highest BCUT2D eigenvalue weighted by molar-refractivity contribution is 5.74. The van der Waals surface area contributed by atoms with Gasteiger partial charge in [0.15, 0.2) is 5.82 Å². The van der Waals surface area contributed by atoms with E-state index in [-0.39, 0.29) is 18.1 Å². The molecule has 1 aliphatic heterocycles. The van der Waals surface area contributed by atoms with E-state index in [1.807, 2.05) is 35.2 Å². The predicted octanol–water partition coefficient (Wildman–Crippen LogP) is 1.16. The second-order valence-electron chi connectivity index (χ2n) is 6.75. The number of hydrogen-bond donors (Lipinski definition) is 3. The van der Waals surface area contributed by atoms with Crippen LogP contribution in [0.3, 0.4) is 0 Å². The molecule has 0 saturated carbocycles. The molecular formula is C18H26N6O2. The highest BCUT2D eigenvalue weighted by Gasteiger charge is 2.27. The lowest BCUT2D eigenvalue weighted by Crippen LogP contribution is -2.46. The summed E-state index contributed by atoms with van der Waals surface area (Å²) in [7, 11) is 0. The average Bonchev–Trinajstić information content (AvgIpc) is 3.19. The molecule has 0 unspecified atom stereocenters. The number of nitrogens with zero attached hydrogens (tertiary/aromatic N) is 4. The van der Waals surface area contributed by atoms with Gasteiger partial charge in [0.25, 0.3) is 0 Å². The first-order chi connectivity index (χ1) is 12.7. The minimum Gasteiger partial charge on any atom is -0.392 e. The van der Waals surface area contributed by atoms with Gasteiger partial charge in [0.1, 0.15) is 0 Å². The van der Waals surface area contributed by atoms with Crippen molar-refractivity contribution in [3.05, 3.63) is 41.7 Å². The summed E-state index contributed by atoms with van der Waals surface area (Å²) in [6.45, 7) is 1.96. The van der Waals surface area contributed by atoms with Crippen molar-refractivity contribution >= 4 is 6.03 Å². The van der Waals surface area contributed by atoms with Crippen LogP contribution >= 0.6 is 0 Å². The summed E-state index contributed by atoms with van der Waals surface area (Å²) >= 11 is 0. The number of urea groups is 1. The number of benzene rings is 1. The summed E-state index contributed by atoms with van der Waals surface area (Å²) in [6.07, 6.45) is 3.46. The van der Waals surface area contributed by atoms with Gasteiger partial charge < -0.3 is 15.3 Å². The number of piperidine rings is 1. The molecule has 3 N–H and O–H groups in total. The van der Waals surface area contributed by atoms with Gasteiger partial charge in [0.05, 0.1) is 6.10 Å². The Morgan fingerprint density at radius 3 is 2.77 bits per heavy atom. The molecule has 1 aromatic carbocycles. The number of rotatable bonds is 7. The Labute approximate surface area is 153 Å². The van der Waals surface area contributed by atoms with Crippen molar-refractivity contribution in [1.29, 1.82) is 0 Å². The van der Waals surface area contributed by atoms with Crippen LogP contribution in [0.5, 0.6) is 0 Å². The fourth-order valence-corrected chi connectivity index (χ4v) is 3.35. The lowest BCUT2D eigenvalue weighted by atomic mass is 9.88. The highest BCUT2D eigenvalue weighted by atomic mass is 16.3. The van der Waals surface area contributed by atoms with E-state index in [1.165, 1.54) is 0 Å². The maximum absolute atomic E-state index is 12.2. The minimum atomic E-state index is -0.349. The van der Waals surface area contributed by atoms with Crippen LogP contribution in [0.15, 0.2) is 30.3 Å². The number of aromatic amines is 1. The fraction of sp³-hybridized carbons (Fsp3) is 0.556. The van der Waals surface area contributed by atoms with Crippen LogP contribution in [0.25, 0.3) is 0 Å². The second kappa shape index (κ2) is 9.28. The van der Waals surface area contributed by atoms with Gasteiger partial charge in [0, 0.05) is 26.1 Å². The van der Waals surface area contributed by atoms with E-state index >= 15 is 0 Å². The lowest BCUT2D eigenvalue weighted by molar-refractivity contribution is 0.0672. The Morgan fingerprint density at radius 1 is 1.31 bits per heavy atom.